The third-order valence-electron chi connectivity index (χ3n) is 3.20. The topological polar surface area (TPSA) is 38.7 Å². The molecule has 1 heterocycles. The summed E-state index contributed by atoms with van der Waals surface area (Å²) in [5.41, 5.74) is 3.46. The van der Waals surface area contributed by atoms with Gasteiger partial charge in [0.1, 0.15) is 0 Å². The maximum atomic E-state index is 4.14. The van der Waals surface area contributed by atoms with Crippen molar-refractivity contribution in [1.29, 1.82) is 0 Å². The van der Waals surface area contributed by atoms with Crippen molar-refractivity contribution in [2.75, 3.05) is 0 Å². The molecule has 0 bridgehead atoms. The molecule has 102 valence electrons. The Kier molecular flexibility index (Phi) is 3.83. The highest BCUT2D eigenvalue weighted by molar-refractivity contribution is 5.53. The van der Waals surface area contributed by atoms with E-state index in [9.17, 15) is 0 Å². The highest BCUT2D eigenvalue weighted by Gasteiger charge is 1.92. The minimum atomic E-state index is 0.816. The van der Waals surface area contributed by atoms with E-state index >= 15 is 0 Å². The van der Waals surface area contributed by atoms with Gasteiger partial charge in [-0.15, -0.1) is 10.2 Å². The van der Waals surface area contributed by atoms with Crippen LogP contribution in [-0.2, 0) is 0 Å². The first-order valence-electron chi connectivity index (χ1n) is 6.81. The van der Waals surface area contributed by atoms with Crippen LogP contribution in [0.3, 0.4) is 0 Å². The van der Waals surface area contributed by atoms with Gasteiger partial charge in [-0.25, -0.2) is 0 Å². The Balaban J connectivity index is 2.12. The number of hydrogen-bond donors (Lipinski definition) is 0. The normalized spacial score (nSPS) is 12.6. The number of nitrogens with zero attached hydrogens (tertiary/aromatic N) is 3. The van der Waals surface area contributed by atoms with E-state index in [1.807, 2.05) is 36.4 Å². The minimum absolute atomic E-state index is 0.816. The van der Waals surface area contributed by atoms with Gasteiger partial charge in [-0.3, -0.25) is 0 Å². The zero-order chi connectivity index (χ0) is 14.5. The third-order valence-corrected chi connectivity index (χ3v) is 3.20. The second kappa shape index (κ2) is 6.09. The smallest absolute Gasteiger partial charge is 0.0969 e. The van der Waals surface area contributed by atoms with Crippen molar-refractivity contribution in [2.24, 2.45) is 0 Å². The fraction of sp³-hybridized carbons (Fsp3) is 0.0556. The van der Waals surface area contributed by atoms with Crippen molar-refractivity contribution in [2.45, 2.75) is 6.92 Å². The Morgan fingerprint density at radius 2 is 1.52 bits per heavy atom. The molecule has 3 nitrogen and oxygen atoms in total. The molecule has 0 aliphatic rings. The monoisotopic (exact) mass is 273 g/mol. The molecule has 0 aliphatic carbocycles. The van der Waals surface area contributed by atoms with Gasteiger partial charge in [0.15, 0.2) is 0 Å². The second-order valence-corrected chi connectivity index (χ2v) is 4.88. The van der Waals surface area contributed by atoms with Crippen LogP contribution in [-0.4, -0.2) is 15.4 Å². The summed E-state index contributed by atoms with van der Waals surface area (Å²) in [7, 11) is 0. The van der Waals surface area contributed by atoms with E-state index in [2.05, 4.69) is 52.7 Å². The van der Waals surface area contributed by atoms with E-state index in [1.165, 1.54) is 5.56 Å². The van der Waals surface area contributed by atoms with Crippen LogP contribution in [0.1, 0.15) is 16.7 Å². The van der Waals surface area contributed by atoms with E-state index < -0.39 is 0 Å². The molecule has 3 heteroatoms. The molecule has 1 aromatic heterocycles. The molecule has 0 spiro atoms. The maximum absolute atomic E-state index is 4.14. The van der Waals surface area contributed by atoms with E-state index in [0.29, 0.717) is 0 Å². The van der Waals surface area contributed by atoms with Gasteiger partial charge in [-0.05, 0) is 35.4 Å². The number of aryl methyl sites for hydroxylation is 1. The van der Waals surface area contributed by atoms with Gasteiger partial charge < -0.3 is 0 Å². The molecule has 0 saturated carbocycles. The maximum Gasteiger partial charge on any atom is 0.0969 e. The predicted octanol–water partition coefficient (Wildman–Crippen LogP) is 1.84. The van der Waals surface area contributed by atoms with Crippen LogP contribution >= 0.6 is 0 Å². The summed E-state index contributed by atoms with van der Waals surface area (Å²) < 4.78 is 0. The van der Waals surface area contributed by atoms with E-state index in [-0.39, 0.29) is 0 Å². The molecule has 0 aliphatic heterocycles. The third kappa shape index (κ3) is 3.39. The van der Waals surface area contributed by atoms with Gasteiger partial charge in [-0.2, -0.15) is 0 Å². The highest BCUT2D eigenvalue weighted by atomic mass is 15.3. The van der Waals surface area contributed by atoms with Gasteiger partial charge in [0.25, 0.3) is 0 Å². The van der Waals surface area contributed by atoms with E-state index in [4.69, 9.17) is 0 Å². The second-order valence-electron chi connectivity index (χ2n) is 4.88. The van der Waals surface area contributed by atoms with Crippen LogP contribution in [0.15, 0.2) is 60.8 Å². The molecule has 0 N–H and O–H groups in total. The van der Waals surface area contributed by atoms with Crippen LogP contribution < -0.4 is 10.6 Å². The molecule has 2 aromatic carbocycles. The SMILES string of the molecule is Cc1ccc(C=c2cnnnc2=Cc2ccccc2)cc1. The van der Waals surface area contributed by atoms with Crippen molar-refractivity contribution in [1.82, 2.24) is 15.4 Å². The standard InChI is InChI=1S/C18H15N3/c1-14-7-9-16(10-8-14)11-17-13-19-21-20-18(17)12-15-5-3-2-4-6-15/h2-13H,1H3. The molecular weight excluding hydrogens is 258 g/mol. The lowest BCUT2D eigenvalue weighted by Crippen LogP contribution is -2.30. The Morgan fingerprint density at radius 3 is 2.29 bits per heavy atom. The first-order valence-corrected chi connectivity index (χ1v) is 6.81. The summed E-state index contributed by atoms with van der Waals surface area (Å²) in [6, 6.07) is 18.4. The van der Waals surface area contributed by atoms with Crippen molar-refractivity contribution >= 4 is 12.2 Å². The molecule has 0 fully saturated rings. The Hall–Kier alpha value is -2.81. The number of rotatable bonds is 2. The van der Waals surface area contributed by atoms with Gasteiger partial charge in [0.2, 0.25) is 0 Å². The minimum Gasteiger partial charge on any atom is -0.138 e. The van der Waals surface area contributed by atoms with Gasteiger partial charge >= 0.3 is 0 Å². The fourth-order valence-electron chi connectivity index (χ4n) is 2.06. The van der Waals surface area contributed by atoms with Crippen molar-refractivity contribution in [3.8, 4) is 0 Å². The average Bonchev–Trinajstić information content (AvgIpc) is 2.52. The number of aromatic nitrogens is 3. The molecule has 21 heavy (non-hydrogen) atoms. The lowest BCUT2D eigenvalue weighted by molar-refractivity contribution is 0.833. The molecule has 0 saturated heterocycles. The van der Waals surface area contributed by atoms with Crippen molar-refractivity contribution in [3.63, 3.8) is 0 Å². The molecule has 0 unspecified atom stereocenters. The molecule has 0 amide bonds. The van der Waals surface area contributed by atoms with Gasteiger partial charge in [-0.1, -0.05) is 60.2 Å². The van der Waals surface area contributed by atoms with Crippen LogP contribution in [0.4, 0.5) is 0 Å². The van der Waals surface area contributed by atoms with Crippen molar-refractivity contribution < 1.29 is 0 Å². The van der Waals surface area contributed by atoms with Crippen LogP contribution in [0.2, 0.25) is 0 Å². The lowest BCUT2D eigenvalue weighted by atomic mass is 10.1. The summed E-state index contributed by atoms with van der Waals surface area (Å²) in [6.45, 7) is 2.08. The molecule has 0 radical (unpaired) electrons. The zero-order valence-electron chi connectivity index (χ0n) is 11.8. The number of benzene rings is 2. The summed E-state index contributed by atoms with van der Waals surface area (Å²) in [4.78, 5) is 0. The highest BCUT2D eigenvalue weighted by Crippen LogP contribution is 2.03. The summed E-state index contributed by atoms with van der Waals surface area (Å²) >= 11 is 0. The first-order chi connectivity index (χ1) is 10.3. The first kappa shape index (κ1) is 13.2. The molecule has 0 atom stereocenters. The molecule has 3 aromatic rings. The van der Waals surface area contributed by atoms with Crippen LogP contribution in [0.25, 0.3) is 12.2 Å². The fourth-order valence-corrected chi connectivity index (χ4v) is 2.06. The van der Waals surface area contributed by atoms with Gasteiger partial charge in [0.05, 0.1) is 11.5 Å². The largest absolute Gasteiger partial charge is 0.138 e. The summed E-state index contributed by atoms with van der Waals surface area (Å²) in [5.74, 6) is 0. The average molecular weight is 273 g/mol. The number of hydrogen-bond acceptors (Lipinski definition) is 3. The van der Waals surface area contributed by atoms with Crippen LogP contribution in [0.5, 0.6) is 0 Å². The predicted molar refractivity (Wildman–Crippen MR) is 83.8 cm³/mol. The Labute approximate surface area is 123 Å². The Bertz CT molecular complexity index is 838. The van der Waals surface area contributed by atoms with E-state index in [1.54, 1.807) is 6.20 Å². The summed E-state index contributed by atoms with van der Waals surface area (Å²) in [5, 5.41) is 13.5. The van der Waals surface area contributed by atoms with Crippen LogP contribution in [0, 0.1) is 6.92 Å². The van der Waals surface area contributed by atoms with Gasteiger partial charge in [0, 0.05) is 5.22 Å². The summed E-state index contributed by atoms with van der Waals surface area (Å²) in [6.07, 6.45) is 5.81. The molecular formula is C18H15N3. The quantitative estimate of drug-likeness (QED) is 0.715. The zero-order valence-corrected chi connectivity index (χ0v) is 11.8. The molecule has 3 rings (SSSR count). The Morgan fingerprint density at radius 1 is 0.810 bits per heavy atom. The van der Waals surface area contributed by atoms with E-state index in [0.717, 1.165) is 21.7 Å². The lowest BCUT2D eigenvalue weighted by Gasteiger charge is -1.95. The van der Waals surface area contributed by atoms with Crippen molar-refractivity contribution in [3.05, 3.63) is 88.1 Å².